The number of benzene rings is 1. The van der Waals surface area contributed by atoms with Gasteiger partial charge in [-0.15, -0.1) is 0 Å². The predicted octanol–water partition coefficient (Wildman–Crippen LogP) is 1.84. The Bertz CT molecular complexity index is 288. The van der Waals surface area contributed by atoms with Crippen LogP contribution < -0.4 is 11.5 Å². The van der Waals surface area contributed by atoms with E-state index in [9.17, 15) is 0 Å². The summed E-state index contributed by atoms with van der Waals surface area (Å²) in [5.74, 6) is 0. The molecule has 0 amide bonds. The largest absolute Gasteiger partial charge is 0.398 e. The van der Waals surface area contributed by atoms with Gasteiger partial charge in [-0.25, -0.2) is 0 Å². The Balaban J connectivity index is 2.69. The van der Waals surface area contributed by atoms with E-state index in [4.69, 9.17) is 16.2 Å². The third-order valence-corrected chi connectivity index (χ3v) is 2.18. The van der Waals surface area contributed by atoms with E-state index >= 15 is 0 Å². The molecule has 4 N–H and O–H groups in total. The van der Waals surface area contributed by atoms with Gasteiger partial charge >= 0.3 is 0 Å². The molecule has 0 aromatic heterocycles. The first-order valence-corrected chi connectivity index (χ1v) is 4.82. The van der Waals surface area contributed by atoms with E-state index in [2.05, 4.69) is 13.0 Å². The first-order chi connectivity index (χ1) is 6.65. The van der Waals surface area contributed by atoms with Crippen LogP contribution in [0.15, 0.2) is 18.2 Å². The zero-order valence-corrected chi connectivity index (χ0v) is 8.66. The number of anilines is 1. The van der Waals surface area contributed by atoms with Crippen molar-refractivity contribution in [3.8, 4) is 0 Å². The van der Waals surface area contributed by atoms with Gasteiger partial charge in [0.1, 0.15) is 6.23 Å². The number of nitrogen functional groups attached to an aromatic ring is 1. The maximum Gasteiger partial charge on any atom is 0.134 e. The van der Waals surface area contributed by atoms with Gasteiger partial charge in [0.05, 0.1) is 6.10 Å². The van der Waals surface area contributed by atoms with Crippen molar-refractivity contribution in [1.29, 1.82) is 0 Å². The summed E-state index contributed by atoms with van der Waals surface area (Å²) in [5, 5.41) is 0. The monoisotopic (exact) mass is 193 g/mol. The minimum absolute atomic E-state index is 0.143. The number of hydrogen-bond acceptors (Lipinski definition) is 3. The summed E-state index contributed by atoms with van der Waals surface area (Å²) < 4.78 is 5.54. The zero-order valence-electron chi connectivity index (χ0n) is 8.66. The van der Waals surface area contributed by atoms with Crippen molar-refractivity contribution >= 4 is 5.69 Å². The first kappa shape index (κ1) is 11.0. The molecule has 1 rings (SSSR count). The van der Waals surface area contributed by atoms with Crippen molar-refractivity contribution in [2.45, 2.75) is 32.6 Å². The van der Waals surface area contributed by atoms with Crippen LogP contribution in [0.3, 0.4) is 0 Å². The van der Waals surface area contributed by atoms with E-state index in [1.54, 1.807) is 6.07 Å². The molecule has 0 aliphatic rings. The number of para-hydroxylation sites is 1. The van der Waals surface area contributed by atoms with Crippen LogP contribution in [-0.2, 0) is 4.74 Å². The van der Waals surface area contributed by atoms with Crippen molar-refractivity contribution in [2.24, 2.45) is 5.73 Å². The van der Waals surface area contributed by atoms with E-state index in [-0.39, 0.29) is 6.10 Å². The Morgan fingerprint density at radius 2 is 2.29 bits per heavy atom. The van der Waals surface area contributed by atoms with Crippen molar-refractivity contribution in [3.63, 3.8) is 0 Å². The number of rotatable bonds is 4. The molecule has 2 unspecified atom stereocenters. The molecule has 0 aliphatic carbocycles. The molecular weight excluding hydrogens is 176 g/mol. The fraction of sp³-hybridized carbons (Fsp3) is 0.455. The van der Waals surface area contributed by atoms with Crippen LogP contribution >= 0.6 is 0 Å². The van der Waals surface area contributed by atoms with Gasteiger partial charge < -0.3 is 16.2 Å². The summed E-state index contributed by atoms with van der Waals surface area (Å²) in [6.45, 7) is 4.04. The molecule has 3 heteroatoms. The van der Waals surface area contributed by atoms with Gasteiger partial charge in [-0.2, -0.15) is 0 Å². The van der Waals surface area contributed by atoms with Crippen molar-refractivity contribution in [3.05, 3.63) is 29.8 Å². The van der Waals surface area contributed by atoms with Crippen molar-refractivity contribution in [1.82, 2.24) is 0 Å². The first-order valence-electron chi connectivity index (χ1n) is 4.82. The molecule has 1 radical (unpaired) electrons. The quantitative estimate of drug-likeness (QED) is 0.566. The van der Waals surface area contributed by atoms with Crippen LogP contribution in [0.5, 0.6) is 0 Å². The van der Waals surface area contributed by atoms with Crippen LogP contribution in [0.25, 0.3) is 0 Å². The van der Waals surface area contributed by atoms with Gasteiger partial charge in [-0.3, -0.25) is 0 Å². The number of hydrogen-bond donors (Lipinski definition) is 2. The Kier molecular flexibility index (Phi) is 3.92. The van der Waals surface area contributed by atoms with E-state index in [0.717, 1.165) is 12.0 Å². The second kappa shape index (κ2) is 4.98. The molecule has 1 aromatic carbocycles. The summed E-state index contributed by atoms with van der Waals surface area (Å²) in [4.78, 5) is 0. The molecule has 0 bridgehead atoms. The highest BCUT2D eigenvalue weighted by molar-refractivity contribution is 5.46. The molecular formula is C11H17N2O. The summed E-state index contributed by atoms with van der Waals surface area (Å²) in [6, 6.07) is 8.36. The van der Waals surface area contributed by atoms with Crippen LogP contribution in [0.1, 0.15) is 32.1 Å². The second-order valence-electron chi connectivity index (χ2n) is 3.31. The smallest absolute Gasteiger partial charge is 0.134 e. The third kappa shape index (κ3) is 2.72. The maximum absolute atomic E-state index is 5.85. The lowest BCUT2D eigenvalue weighted by molar-refractivity contribution is -0.00114. The molecule has 14 heavy (non-hydrogen) atoms. The highest BCUT2D eigenvalue weighted by Gasteiger charge is 2.11. The average Bonchev–Trinajstić information content (AvgIpc) is 2.18. The van der Waals surface area contributed by atoms with Crippen LogP contribution in [0.2, 0.25) is 0 Å². The van der Waals surface area contributed by atoms with Gasteiger partial charge in [0.2, 0.25) is 0 Å². The Morgan fingerprint density at radius 3 is 2.86 bits per heavy atom. The minimum atomic E-state index is -0.456. The summed E-state index contributed by atoms with van der Waals surface area (Å²) in [5.41, 5.74) is 12.9. The topological polar surface area (TPSA) is 61.3 Å². The normalized spacial score (nSPS) is 15.1. The highest BCUT2D eigenvalue weighted by Crippen LogP contribution is 2.20. The molecule has 0 aliphatic heterocycles. The van der Waals surface area contributed by atoms with Gasteiger partial charge in [0.15, 0.2) is 0 Å². The fourth-order valence-corrected chi connectivity index (χ4v) is 1.13. The van der Waals surface area contributed by atoms with E-state index in [1.165, 1.54) is 0 Å². The van der Waals surface area contributed by atoms with Crippen LogP contribution in [0, 0.1) is 6.07 Å². The predicted molar refractivity (Wildman–Crippen MR) is 57.5 cm³/mol. The zero-order chi connectivity index (χ0) is 10.6. The Hall–Kier alpha value is -1.06. The van der Waals surface area contributed by atoms with Gasteiger partial charge in [-0.1, -0.05) is 25.1 Å². The summed E-state index contributed by atoms with van der Waals surface area (Å²) >= 11 is 0. The molecule has 0 saturated heterocycles. The summed E-state index contributed by atoms with van der Waals surface area (Å²) in [6.07, 6.45) is 0.622. The number of ether oxygens (including phenoxy) is 1. The van der Waals surface area contributed by atoms with Gasteiger partial charge in [0, 0.05) is 17.3 Å². The average molecular weight is 193 g/mol. The SMILES string of the molecule is CCC(C)OC(N)c1ccc[c]c1N. The molecule has 0 saturated carbocycles. The second-order valence-corrected chi connectivity index (χ2v) is 3.31. The molecule has 3 nitrogen and oxygen atoms in total. The standard InChI is InChI=1S/C11H17N2O/c1-3-8(2)14-11(13)9-6-4-5-7-10(9)12/h4-6,8,11H,3,12-13H2,1-2H3. The lowest BCUT2D eigenvalue weighted by Crippen LogP contribution is -2.21. The fourth-order valence-electron chi connectivity index (χ4n) is 1.13. The molecule has 2 atom stereocenters. The Morgan fingerprint density at radius 1 is 1.57 bits per heavy atom. The Labute approximate surface area is 85.0 Å². The molecule has 0 heterocycles. The minimum Gasteiger partial charge on any atom is -0.398 e. The molecule has 0 fully saturated rings. The molecule has 0 spiro atoms. The van der Waals surface area contributed by atoms with Gasteiger partial charge in [-0.05, 0) is 13.3 Å². The third-order valence-electron chi connectivity index (χ3n) is 2.18. The van der Waals surface area contributed by atoms with Gasteiger partial charge in [0.25, 0.3) is 0 Å². The van der Waals surface area contributed by atoms with E-state index in [0.29, 0.717) is 5.69 Å². The van der Waals surface area contributed by atoms with E-state index in [1.807, 2.05) is 19.1 Å². The maximum atomic E-state index is 5.85. The van der Waals surface area contributed by atoms with E-state index < -0.39 is 6.23 Å². The highest BCUT2D eigenvalue weighted by atomic mass is 16.5. The van der Waals surface area contributed by atoms with Crippen molar-refractivity contribution in [2.75, 3.05) is 5.73 Å². The molecule has 77 valence electrons. The van der Waals surface area contributed by atoms with Crippen LogP contribution in [0.4, 0.5) is 5.69 Å². The lowest BCUT2D eigenvalue weighted by Gasteiger charge is -2.19. The van der Waals surface area contributed by atoms with Crippen LogP contribution in [-0.4, -0.2) is 6.10 Å². The lowest BCUT2D eigenvalue weighted by atomic mass is 10.1. The number of nitrogens with two attached hydrogens (primary N) is 2. The summed E-state index contributed by atoms with van der Waals surface area (Å²) in [7, 11) is 0. The van der Waals surface area contributed by atoms with Crippen molar-refractivity contribution < 1.29 is 4.74 Å². The molecule has 1 aromatic rings.